The molecule has 1 aliphatic carbocycles. The molecule has 0 aliphatic heterocycles. The predicted molar refractivity (Wildman–Crippen MR) is 83.9 cm³/mol. The second-order valence-electron chi connectivity index (χ2n) is 5.26. The summed E-state index contributed by atoms with van der Waals surface area (Å²) in [5, 5.41) is 3.29. The van der Waals surface area contributed by atoms with Crippen LogP contribution in [0.1, 0.15) is 27.9 Å². The van der Waals surface area contributed by atoms with Gasteiger partial charge < -0.3 is 15.8 Å². The molecule has 0 atom stereocenters. The summed E-state index contributed by atoms with van der Waals surface area (Å²) in [6.45, 7) is 0. The Morgan fingerprint density at radius 1 is 1.14 bits per heavy atom. The van der Waals surface area contributed by atoms with E-state index in [0.29, 0.717) is 11.3 Å². The molecule has 0 heterocycles. The molecule has 0 saturated heterocycles. The molecule has 4 heteroatoms. The van der Waals surface area contributed by atoms with Crippen molar-refractivity contribution in [2.24, 2.45) is 0 Å². The van der Waals surface area contributed by atoms with Gasteiger partial charge in [0.1, 0.15) is 0 Å². The van der Waals surface area contributed by atoms with Crippen molar-refractivity contribution < 1.29 is 9.53 Å². The molecule has 3 rings (SSSR count). The van der Waals surface area contributed by atoms with Gasteiger partial charge in [0.25, 0.3) is 0 Å². The van der Waals surface area contributed by atoms with Crippen molar-refractivity contribution in [2.75, 3.05) is 18.2 Å². The maximum Gasteiger partial charge on any atom is 0.337 e. The molecule has 0 radical (unpaired) electrons. The van der Waals surface area contributed by atoms with Gasteiger partial charge in [-0.1, -0.05) is 6.07 Å². The van der Waals surface area contributed by atoms with Crippen molar-refractivity contribution in [3.63, 3.8) is 0 Å². The molecular weight excluding hydrogens is 264 g/mol. The molecule has 0 spiro atoms. The van der Waals surface area contributed by atoms with Crippen molar-refractivity contribution >= 4 is 23.0 Å². The van der Waals surface area contributed by atoms with Gasteiger partial charge in [-0.15, -0.1) is 0 Å². The molecule has 108 valence electrons. The maximum absolute atomic E-state index is 11.6. The van der Waals surface area contributed by atoms with Crippen LogP contribution in [0.25, 0.3) is 0 Å². The Balaban J connectivity index is 1.89. The monoisotopic (exact) mass is 282 g/mol. The minimum Gasteiger partial charge on any atom is -0.465 e. The topological polar surface area (TPSA) is 64.3 Å². The first-order valence-electron chi connectivity index (χ1n) is 7.04. The summed E-state index contributed by atoms with van der Waals surface area (Å²) in [7, 11) is 1.37. The van der Waals surface area contributed by atoms with Crippen molar-refractivity contribution in [3.05, 3.63) is 53.1 Å². The lowest BCUT2D eigenvalue weighted by atomic mass is 10.1. The molecule has 0 amide bonds. The Bertz CT molecular complexity index is 695. The number of aryl methyl sites for hydroxylation is 2. The van der Waals surface area contributed by atoms with Crippen LogP contribution in [0, 0.1) is 0 Å². The van der Waals surface area contributed by atoms with Crippen LogP contribution in [0.4, 0.5) is 17.1 Å². The van der Waals surface area contributed by atoms with Gasteiger partial charge in [0.2, 0.25) is 0 Å². The average Bonchev–Trinajstić information content (AvgIpc) is 2.96. The number of carbonyl (C=O) groups is 1. The predicted octanol–water partition coefficient (Wildman–Crippen LogP) is 3.29. The van der Waals surface area contributed by atoms with E-state index in [9.17, 15) is 4.79 Å². The number of ether oxygens (including phenoxy) is 1. The van der Waals surface area contributed by atoms with Crippen LogP contribution in [0.2, 0.25) is 0 Å². The number of carbonyl (C=O) groups excluding carboxylic acids is 1. The Morgan fingerprint density at radius 2 is 1.95 bits per heavy atom. The lowest BCUT2D eigenvalue weighted by Crippen LogP contribution is -2.04. The van der Waals surface area contributed by atoms with Crippen LogP contribution in [0.5, 0.6) is 0 Å². The number of nitrogens with one attached hydrogen (secondary N) is 1. The molecule has 0 fully saturated rings. The quantitative estimate of drug-likeness (QED) is 0.670. The fourth-order valence-electron chi connectivity index (χ4n) is 2.71. The van der Waals surface area contributed by atoms with Gasteiger partial charge in [0.05, 0.1) is 24.0 Å². The molecule has 0 aromatic heterocycles. The molecule has 2 aromatic rings. The second kappa shape index (κ2) is 5.48. The van der Waals surface area contributed by atoms with E-state index in [-0.39, 0.29) is 5.97 Å². The molecule has 2 aromatic carbocycles. The summed E-state index contributed by atoms with van der Waals surface area (Å²) in [6.07, 6.45) is 3.51. The first-order valence-corrected chi connectivity index (χ1v) is 7.04. The highest BCUT2D eigenvalue weighted by atomic mass is 16.5. The number of benzene rings is 2. The summed E-state index contributed by atoms with van der Waals surface area (Å²) in [5.74, 6) is -0.369. The first kappa shape index (κ1) is 13.5. The average molecular weight is 282 g/mol. The highest BCUT2D eigenvalue weighted by Gasteiger charge is 2.12. The third kappa shape index (κ3) is 2.70. The van der Waals surface area contributed by atoms with Crippen molar-refractivity contribution in [1.29, 1.82) is 0 Å². The number of fused-ring (bicyclic) bond motifs is 1. The van der Waals surface area contributed by atoms with Crippen LogP contribution in [0.3, 0.4) is 0 Å². The van der Waals surface area contributed by atoms with E-state index in [0.717, 1.165) is 24.2 Å². The molecule has 3 N–H and O–H groups in total. The van der Waals surface area contributed by atoms with E-state index in [4.69, 9.17) is 10.5 Å². The number of nitrogens with two attached hydrogens (primary N) is 1. The van der Waals surface area contributed by atoms with Gasteiger partial charge in [-0.3, -0.25) is 0 Å². The smallest absolute Gasteiger partial charge is 0.337 e. The van der Waals surface area contributed by atoms with Gasteiger partial charge >= 0.3 is 5.97 Å². The van der Waals surface area contributed by atoms with Crippen molar-refractivity contribution in [2.45, 2.75) is 19.3 Å². The number of anilines is 3. The Morgan fingerprint density at radius 3 is 2.76 bits per heavy atom. The highest BCUT2D eigenvalue weighted by molar-refractivity contribution is 5.92. The number of hydrogen-bond acceptors (Lipinski definition) is 4. The number of esters is 1. The fraction of sp³-hybridized carbons (Fsp3) is 0.235. The summed E-state index contributed by atoms with van der Waals surface area (Å²) < 4.78 is 4.73. The highest BCUT2D eigenvalue weighted by Crippen LogP contribution is 2.29. The van der Waals surface area contributed by atoms with Crippen LogP contribution >= 0.6 is 0 Å². The SMILES string of the molecule is COC(=O)c1ccc(N)c(Nc2ccc3c(c2)CCC3)c1. The minimum absolute atomic E-state index is 0.369. The van der Waals surface area contributed by atoms with E-state index in [2.05, 4.69) is 23.5 Å². The first-order chi connectivity index (χ1) is 10.2. The molecule has 21 heavy (non-hydrogen) atoms. The zero-order valence-corrected chi connectivity index (χ0v) is 12.0. The van der Waals surface area contributed by atoms with Crippen molar-refractivity contribution in [3.8, 4) is 0 Å². The van der Waals surface area contributed by atoms with Crippen molar-refractivity contribution in [1.82, 2.24) is 0 Å². The van der Waals surface area contributed by atoms with Crippen LogP contribution in [-0.2, 0) is 17.6 Å². The minimum atomic E-state index is -0.369. The van der Waals surface area contributed by atoms with E-state index in [1.165, 1.54) is 24.7 Å². The summed E-state index contributed by atoms with van der Waals surface area (Å²) in [4.78, 5) is 11.6. The van der Waals surface area contributed by atoms with Crippen LogP contribution in [-0.4, -0.2) is 13.1 Å². The summed E-state index contributed by atoms with van der Waals surface area (Å²) >= 11 is 0. The fourth-order valence-corrected chi connectivity index (χ4v) is 2.71. The molecular formula is C17H18N2O2. The normalized spacial score (nSPS) is 12.8. The number of methoxy groups -OCH3 is 1. The number of hydrogen-bond donors (Lipinski definition) is 2. The van der Waals surface area contributed by atoms with Gasteiger partial charge in [-0.2, -0.15) is 0 Å². The lowest BCUT2D eigenvalue weighted by Gasteiger charge is -2.12. The zero-order valence-electron chi connectivity index (χ0n) is 12.0. The Labute approximate surface area is 123 Å². The van der Waals surface area contributed by atoms with Gasteiger partial charge in [0.15, 0.2) is 0 Å². The van der Waals surface area contributed by atoms with Gasteiger partial charge in [-0.25, -0.2) is 4.79 Å². The molecule has 0 bridgehead atoms. The van der Waals surface area contributed by atoms with E-state index in [1.807, 2.05) is 0 Å². The third-order valence-corrected chi connectivity index (χ3v) is 3.85. The molecule has 0 saturated carbocycles. The summed E-state index contributed by atoms with van der Waals surface area (Å²) in [6, 6.07) is 11.5. The molecule has 1 aliphatic rings. The Kier molecular flexibility index (Phi) is 3.52. The zero-order chi connectivity index (χ0) is 14.8. The largest absolute Gasteiger partial charge is 0.465 e. The van der Waals surface area contributed by atoms with Gasteiger partial charge in [0, 0.05) is 5.69 Å². The van der Waals surface area contributed by atoms with E-state index in [1.54, 1.807) is 18.2 Å². The van der Waals surface area contributed by atoms with E-state index < -0.39 is 0 Å². The number of nitrogen functional groups attached to an aromatic ring is 1. The molecule has 4 nitrogen and oxygen atoms in total. The summed E-state index contributed by atoms with van der Waals surface area (Å²) in [5.41, 5.74) is 11.6. The second-order valence-corrected chi connectivity index (χ2v) is 5.26. The number of rotatable bonds is 3. The van der Waals surface area contributed by atoms with Crippen LogP contribution < -0.4 is 11.1 Å². The van der Waals surface area contributed by atoms with Crippen LogP contribution in [0.15, 0.2) is 36.4 Å². The molecule has 0 unspecified atom stereocenters. The van der Waals surface area contributed by atoms with Gasteiger partial charge in [-0.05, 0) is 60.7 Å². The van der Waals surface area contributed by atoms with E-state index >= 15 is 0 Å². The third-order valence-electron chi connectivity index (χ3n) is 3.85. The Hall–Kier alpha value is -2.49. The lowest BCUT2D eigenvalue weighted by molar-refractivity contribution is 0.0601. The maximum atomic E-state index is 11.6. The standard InChI is InChI=1S/C17H18N2O2/c1-21-17(20)13-6-8-15(18)16(10-13)19-14-7-5-11-3-2-4-12(11)9-14/h5-10,19H,2-4,18H2,1H3.